The monoisotopic (exact) mass is 271 g/mol. The fourth-order valence-electron chi connectivity index (χ4n) is 3.87. The van der Waals surface area contributed by atoms with E-state index in [9.17, 15) is 4.21 Å². The summed E-state index contributed by atoms with van der Waals surface area (Å²) in [7, 11) is -0.616. The summed E-state index contributed by atoms with van der Waals surface area (Å²) in [5, 5.41) is 0.896. The molecule has 2 aliphatic carbocycles. The fraction of sp³-hybridized carbons (Fsp3) is 1.00. The lowest BCUT2D eigenvalue weighted by Crippen LogP contribution is -2.40. The van der Waals surface area contributed by atoms with Crippen LogP contribution >= 0.6 is 0 Å². The summed E-state index contributed by atoms with van der Waals surface area (Å²) in [5.74, 6) is 1.34. The van der Waals surface area contributed by atoms with Gasteiger partial charge in [-0.15, -0.1) is 0 Å². The molecule has 2 saturated carbocycles. The van der Waals surface area contributed by atoms with Crippen molar-refractivity contribution in [2.24, 2.45) is 17.6 Å². The molecular formula is C15H29NOS. The molecule has 2 fully saturated rings. The Morgan fingerprint density at radius 3 is 2.50 bits per heavy atom. The predicted molar refractivity (Wildman–Crippen MR) is 79.0 cm³/mol. The van der Waals surface area contributed by atoms with Gasteiger partial charge in [0.2, 0.25) is 0 Å². The first-order chi connectivity index (χ1) is 8.76. The number of hydrogen-bond donors (Lipinski definition) is 1. The van der Waals surface area contributed by atoms with Crippen LogP contribution in [0.25, 0.3) is 0 Å². The highest BCUT2D eigenvalue weighted by molar-refractivity contribution is 7.86. The van der Waals surface area contributed by atoms with E-state index in [-0.39, 0.29) is 0 Å². The van der Waals surface area contributed by atoms with Gasteiger partial charge in [-0.1, -0.05) is 39.0 Å². The zero-order valence-corrected chi connectivity index (χ0v) is 12.6. The van der Waals surface area contributed by atoms with Crippen LogP contribution in [0.1, 0.15) is 64.7 Å². The smallest absolute Gasteiger partial charge is 0.0393 e. The van der Waals surface area contributed by atoms with Crippen LogP contribution in [0.5, 0.6) is 0 Å². The summed E-state index contributed by atoms with van der Waals surface area (Å²) in [6.45, 7) is 3.00. The van der Waals surface area contributed by atoms with E-state index in [0.717, 1.165) is 12.5 Å². The summed E-state index contributed by atoms with van der Waals surface area (Å²) in [6.07, 6.45) is 11.2. The lowest BCUT2D eigenvalue weighted by molar-refractivity contribution is 0.272. The van der Waals surface area contributed by atoms with E-state index in [4.69, 9.17) is 5.73 Å². The van der Waals surface area contributed by atoms with Crippen molar-refractivity contribution in [2.75, 3.05) is 6.54 Å². The van der Waals surface area contributed by atoms with E-state index in [1.165, 1.54) is 57.8 Å². The highest BCUT2D eigenvalue weighted by atomic mass is 32.2. The molecule has 0 aliphatic heterocycles. The summed E-state index contributed by atoms with van der Waals surface area (Å²) in [6, 6.07) is 0. The van der Waals surface area contributed by atoms with Gasteiger partial charge < -0.3 is 5.73 Å². The van der Waals surface area contributed by atoms with E-state index < -0.39 is 10.8 Å². The van der Waals surface area contributed by atoms with E-state index in [1.807, 2.05) is 0 Å². The van der Waals surface area contributed by atoms with Gasteiger partial charge in [-0.05, 0) is 44.1 Å². The van der Waals surface area contributed by atoms with Gasteiger partial charge in [-0.25, -0.2) is 0 Å². The third-order valence-corrected chi connectivity index (χ3v) is 7.27. The van der Waals surface area contributed by atoms with Crippen molar-refractivity contribution in [1.82, 2.24) is 0 Å². The topological polar surface area (TPSA) is 43.1 Å². The quantitative estimate of drug-likeness (QED) is 0.834. The zero-order valence-electron chi connectivity index (χ0n) is 11.8. The Hall–Kier alpha value is 0.110. The average molecular weight is 271 g/mol. The second kappa shape index (κ2) is 7.04. The molecule has 2 rings (SSSR count). The van der Waals surface area contributed by atoms with E-state index >= 15 is 0 Å². The highest BCUT2D eigenvalue weighted by Gasteiger charge is 2.36. The molecule has 3 heteroatoms. The van der Waals surface area contributed by atoms with Gasteiger partial charge in [-0.2, -0.15) is 0 Å². The van der Waals surface area contributed by atoms with Crippen LogP contribution in [0.4, 0.5) is 0 Å². The van der Waals surface area contributed by atoms with E-state index in [1.54, 1.807) is 0 Å². The standard InChI is InChI=1S/C15H29NOS/c1-2-5-12-8-9-13(11-16)15(10-12)18(17)14-6-3-4-7-14/h12-15H,2-11,16H2,1H3. The molecule has 2 N–H and O–H groups in total. The molecular weight excluding hydrogens is 242 g/mol. The van der Waals surface area contributed by atoms with Crippen LogP contribution in [-0.2, 0) is 10.8 Å². The van der Waals surface area contributed by atoms with Crippen LogP contribution in [0.15, 0.2) is 0 Å². The van der Waals surface area contributed by atoms with Crippen molar-refractivity contribution in [2.45, 2.75) is 75.2 Å². The minimum Gasteiger partial charge on any atom is -0.330 e. The Kier molecular flexibility index (Phi) is 5.68. The SMILES string of the molecule is CCCC1CCC(CN)C(S(=O)C2CCCC2)C1. The molecule has 18 heavy (non-hydrogen) atoms. The maximum atomic E-state index is 12.8. The fourth-order valence-corrected chi connectivity index (χ4v) is 6.25. The predicted octanol–water partition coefficient (Wildman–Crippen LogP) is 3.22. The summed E-state index contributed by atoms with van der Waals surface area (Å²) < 4.78 is 12.8. The first-order valence-electron chi connectivity index (χ1n) is 7.85. The number of hydrogen-bond acceptors (Lipinski definition) is 2. The summed E-state index contributed by atoms with van der Waals surface area (Å²) in [5.41, 5.74) is 5.92. The average Bonchev–Trinajstić information content (AvgIpc) is 2.92. The van der Waals surface area contributed by atoms with Gasteiger partial charge in [0.05, 0.1) is 0 Å². The van der Waals surface area contributed by atoms with Crippen LogP contribution in [0, 0.1) is 11.8 Å². The molecule has 106 valence electrons. The molecule has 2 nitrogen and oxygen atoms in total. The zero-order chi connectivity index (χ0) is 13.0. The molecule has 0 aromatic rings. The maximum Gasteiger partial charge on any atom is 0.0393 e. The number of nitrogens with two attached hydrogens (primary N) is 1. The molecule has 2 aliphatic rings. The van der Waals surface area contributed by atoms with Crippen molar-refractivity contribution < 1.29 is 4.21 Å². The Morgan fingerprint density at radius 2 is 1.89 bits per heavy atom. The van der Waals surface area contributed by atoms with Gasteiger partial charge in [0, 0.05) is 21.3 Å². The van der Waals surface area contributed by atoms with E-state index in [0.29, 0.717) is 16.4 Å². The van der Waals surface area contributed by atoms with Crippen LogP contribution < -0.4 is 5.73 Å². The molecule has 4 atom stereocenters. The van der Waals surface area contributed by atoms with Crippen molar-refractivity contribution in [3.8, 4) is 0 Å². The maximum absolute atomic E-state index is 12.8. The third-order valence-electron chi connectivity index (χ3n) is 4.97. The van der Waals surface area contributed by atoms with Gasteiger partial charge >= 0.3 is 0 Å². The molecule has 0 heterocycles. The van der Waals surface area contributed by atoms with Crippen LogP contribution in [0.2, 0.25) is 0 Å². The van der Waals surface area contributed by atoms with Crippen molar-refractivity contribution in [3.63, 3.8) is 0 Å². The Labute approximate surface area is 115 Å². The second-order valence-electron chi connectivity index (χ2n) is 6.24. The van der Waals surface area contributed by atoms with Gasteiger partial charge in [0.15, 0.2) is 0 Å². The number of rotatable bonds is 5. The molecule has 4 unspecified atom stereocenters. The minimum atomic E-state index is -0.616. The second-order valence-corrected chi connectivity index (χ2v) is 8.17. The first kappa shape index (κ1) is 14.5. The summed E-state index contributed by atoms with van der Waals surface area (Å²) in [4.78, 5) is 0. The molecule has 0 bridgehead atoms. The highest BCUT2D eigenvalue weighted by Crippen LogP contribution is 2.37. The first-order valence-corrected chi connectivity index (χ1v) is 9.13. The third kappa shape index (κ3) is 3.36. The van der Waals surface area contributed by atoms with Crippen LogP contribution in [-0.4, -0.2) is 21.3 Å². The molecule has 0 radical (unpaired) electrons. The van der Waals surface area contributed by atoms with Crippen LogP contribution in [0.3, 0.4) is 0 Å². The van der Waals surface area contributed by atoms with E-state index in [2.05, 4.69) is 6.92 Å². The van der Waals surface area contributed by atoms with Crippen molar-refractivity contribution >= 4 is 10.8 Å². The van der Waals surface area contributed by atoms with Gasteiger partial charge in [-0.3, -0.25) is 4.21 Å². The molecule has 0 amide bonds. The van der Waals surface area contributed by atoms with Crippen molar-refractivity contribution in [1.29, 1.82) is 0 Å². The Bertz CT molecular complexity index is 276. The summed E-state index contributed by atoms with van der Waals surface area (Å²) >= 11 is 0. The molecule has 0 aromatic heterocycles. The molecule has 0 aromatic carbocycles. The lowest BCUT2D eigenvalue weighted by atomic mass is 9.80. The Balaban J connectivity index is 1.98. The van der Waals surface area contributed by atoms with Crippen molar-refractivity contribution in [3.05, 3.63) is 0 Å². The minimum absolute atomic E-state index is 0.406. The van der Waals surface area contributed by atoms with Gasteiger partial charge in [0.1, 0.15) is 0 Å². The normalized spacial score (nSPS) is 35.8. The Morgan fingerprint density at radius 1 is 1.17 bits per heavy atom. The largest absolute Gasteiger partial charge is 0.330 e. The van der Waals surface area contributed by atoms with Gasteiger partial charge in [0.25, 0.3) is 0 Å². The lowest BCUT2D eigenvalue weighted by Gasteiger charge is -2.36. The molecule has 0 saturated heterocycles. The molecule has 0 spiro atoms.